The summed E-state index contributed by atoms with van der Waals surface area (Å²) in [6.45, 7) is 0. The molecule has 4 heteroatoms. The summed E-state index contributed by atoms with van der Waals surface area (Å²) in [4.78, 5) is 18.5. The Morgan fingerprint density at radius 1 is 1.58 bits per heavy atom. The molecule has 0 spiro atoms. The number of aliphatic imine (C=N–C) groups is 2. The molecular formula is C8H11N3O. The normalized spacial score (nSPS) is 15.5. The number of allylic oxidation sites excluding steroid dienone is 1. The maximum absolute atomic E-state index is 10.4. The van der Waals surface area contributed by atoms with Gasteiger partial charge in [0.15, 0.2) is 0 Å². The first kappa shape index (κ1) is 8.64. The van der Waals surface area contributed by atoms with Crippen molar-refractivity contribution in [3.63, 3.8) is 0 Å². The summed E-state index contributed by atoms with van der Waals surface area (Å²) in [5.41, 5.74) is 5.80. The molecule has 4 nitrogen and oxygen atoms in total. The third kappa shape index (κ3) is 3.09. The van der Waals surface area contributed by atoms with Crippen molar-refractivity contribution in [3.8, 4) is 0 Å². The Morgan fingerprint density at radius 2 is 2.42 bits per heavy atom. The van der Waals surface area contributed by atoms with E-state index >= 15 is 0 Å². The first-order valence-corrected chi connectivity index (χ1v) is 3.80. The first-order valence-electron chi connectivity index (χ1n) is 3.80. The molecule has 0 unspecified atom stereocenters. The van der Waals surface area contributed by atoms with E-state index in [4.69, 9.17) is 5.73 Å². The van der Waals surface area contributed by atoms with Gasteiger partial charge in [-0.2, -0.15) is 0 Å². The van der Waals surface area contributed by atoms with Crippen LogP contribution in [0.1, 0.15) is 19.3 Å². The van der Waals surface area contributed by atoms with E-state index in [0.29, 0.717) is 12.8 Å². The second-order valence-corrected chi connectivity index (χ2v) is 2.47. The second kappa shape index (κ2) is 4.43. The van der Waals surface area contributed by atoms with E-state index < -0.39 is 0 Å². The molecule has 0 atom stereocenters. The molecule has 64 valence electrons. The highest BCUT2D eigenvalue weighted by molar-refractivity contribution is 5.81. The van der Waals surface area contributed by atoms with Gasteiger partial charge < -0.3 is 5.73 Å². The molecule has 0 radical (unpaired) electrons. The van der Waals surface area contributed by atoms with E-state index in [1.54, 1.807) is 18.6 Å². The summed E-state index contributed by atoms with van der Waals surface area (Å²) >= 11 is 0. The van der Waals surface area contributed by atoms with Crippen molar-refractivity contribution in [1.29, 1.82) is 0 Å². The minimum atomic E-state index is -0.306. The zero-order chi connectivity index (χ0) is 8.81. The zero-order valence-corrected chi connectivity index (χ0v) is 6.73. The van der Waals surface area contributed by atoms with Crippen LogP contribution < -0.4 is 5.73 Å². The lowest BCUT2D eigenvalue weighted by Crippen LogP contribution is -2.09. The molecule has 2 N–H and O–H groups in total. The van der Waals surface area contributed by atoms with E-state index in [1.807, 2.05) is 0 Å². The van der Waals surface area contributed by atoms with Gasteiger partial charge in [-0.3, -0.25) is 14.8 Å². The van der Waals surface area contributed by atoms with Crippen LogP contribution >= 0.6 is 0 Å². The van der Waals surface area contributed by atoms with Crippen LogP contribution in [0.4, 0.5) is 0 Å². The van der Waals surface area contributed by atoms with Gasteiger partial charge in [0.1, 0.15) is 0 Å². The van der Waals surface area contributed by atoms with E-state index in [-0.39, 0.29) is 5.91 Å². The van der Waals surface area contributed by atoms with Crippen molar-refractivity contribution < 1.29 is 4.79 Å². The van der Waals surface area contributed by atoms with Crippen molar-refractivity contribution in [2.75, 3.05) is 0 Å². The average Bonchev–Trinajstić information content (AvgIpc) is 2.28. The molecule has 12 heavy (non-hydrogen) atoms. The summed E-state index contributed by atoms with van der Waals surface area (Å²) < 4.78 is 0. The number of nitrogens with zero attached hydrogens (tertiary/aromatic N) is 2. The molecule has 0 aromatic rings. The topological polar surface area (TPSA) is 67.8 Å². The van der Waals surface area contributed by atoms with E-state index in [9.17, 15) is 4.79 Å². The van der Waals surface area contributed by atoms with E-state index in [2.05, 4.69) is 9.98 Å². The second-order valence-electron chi connectivity index (χ2n) is 2.47. The first-order chi connectivity index (χ1) is 5.79. The Labute approximate surface area is 70.9 Å². The summed E-state index contributed by atoms with van der Waals surface area (Å²) in [5, 5.41) is 0. The number of amides is 1. The van der Waals surface area contributed by atoms with Gasteiger partial charge in [-0.25, -0.2) is 0 Å². The smallest absolute Gasteiger partial charge is 0.217 e. The molecular weight excluding hydrogens is 154 g/mol. The predicted molar refractivity (Wildman–Crippen MR) is 48.1 cm³/mol. The molecule has 1 heterocycles. The summed E-state index contributed by atoms with van der Waals surface area (Å²) in [5.74, 6) is -0.306. The molecule has 0 aromatic heterocycles. The van der Waals surface area contributed by atoms with Gasteiger partial charge in [-0.15, -0.1) is 0 Å². The van der Waals surface area contributed by atoms with Gasteiger partial charge >= 0.3 is 0 Å². The van der Waals surface area contributed by atoms with Crippen LogP contribution in [-0.4, -0.2) is 18.3 Å². The van der Waals surface area contributed by atoms with Crippen LogP contribution in [-0.2, 0) is 4.79 Å². The zero-order valence-electron chi connectivity index (χ0n) is 6.73. The van der Waals surface area contributed by atoms with Gasteiger partial charge in [0, 0.05) is 31.5 Å². The minimum absolute atomic E-state index is 0.306. The van der Waals surface area contributed by atoms with Gasteiger partial charge in [0.2, 0.25) is 5.91 Å². The Morgan fingerprint density at radius 3 is 3.17 bits per heavy atom. The van der Waals surface area contributed by atoms with Crippen LogP contribution in [0.15, 0.2) is 21.9 Å². The molecule has 0 bridgehead atoms. The number of carbonyl (C=O) groups excluding carboxylic acids is 1. The third-order valence-corrected chi connectivity index (χ3v) is 1.42. The monoisotopic (exact) mass is 165 g/mol. The molecule has 0 saturated carbocycles. The molecule has 1 aliphatic heterocycles. The molecule has 1 rings (SSSR count). The summed E-state index contributed by atoms with van der Waals surface area (Å²) in [7, 11) is 0. The van der Waals surface area contributed by atoms with E-state index in [0.717, 1.165) is 12.1 Å². The lowest BCUT2D eigenvalue weighted by Gasteiger charge is -1.95. The third-order valence-electron chi connectivity index (χ3n) is 1.42. The van der Waals surface area contributed by atoms with Gasteiger partial charge in [0.05, 0.1) is 5.70 Å². The Balaban J connectivity index is 2.45. The molecule has 0 aliphatic carbocycles. The summed E-state index contributed by atoms with van der Waals surface area (Å²) in [6, 6.07) is 0. The van der Waals surface area contributed by atoms with Crippen LogP contribution in [0, 0.1) is 0 Å². The quantitative estimate of drug-likeness (QED) is 0.655. The highest BCUT2D eigenvalue weighted by atomic mass is 16.1. The molecule has 0 saturated heterocycles. The standard InChI is InChI=1S/C8H11N3O/c9-8(12)3-2-7-6-10-4-1-5-11-7/h4-6H,1-3H2,(H2,9,12). The highest BCUT2D eigenvalue weighted by Gasteiger charge is 1.99. The van der Waals surface area contributed by atoms with Gasteiger partial charge in [-0.1, -0.05) is 0 Å². The van der Waals surface area contributed by atoms with Crippen molar-refractivity contribution >= 4 is 18.3 Å². The number of rotatable bonds is 3. The maximum atomic E-state index is 10.4. The van der Waals surface area contributed by atoms with Gasteiger partial charge in [-0.05, 0) is 6.42 Å². The molecule has 0 fully saturated rings. The van der Waals surface area contributed by atoms with Crippen molar-refractivity contribution in [3.05, 3.63) is 11.9 Å². The lowest BCUT2D eigenvalue weighted by molar-refractivity contribution is -0.117. The van der Waals surface area contributed by atoms with Crippen molar-refractivity contribution in [1.82, 2.24) is 0 Å². The fourth-order valence-corrected chi connectivity index (χ4v) is 0.830. The minimum Gasteiger partial charge on any atom is -0.370 e. The van der Waals surface area contributed by atoms with Crippen LogP contribution in [0.3, 0.4) is 0 Å². The average molecular weight is 165 g/mol. The highest BCUT2D eigenvalue weighted by Crippen LogP contribution is 2.07. The van der Waals surface area contributed by atoms with Crippen molar-refractivity contribution in [2.45, 2.75) is 19.3 Å². The predicted octanol–water partition coefficient (Wildman–Crippen LogP) is 0.639. The fraction of sp³-hybridized carbons (Fsp3) is 0.375. The number of primary amides is 1. The number of hydrogen-bond acceptors (Lipinski definition) is 3. The Bertz CT molecular complexity index is 253. The lowest BCUT2D eigenvalue weighted by atomic mass is 10.2. The van der Waals surface area contributed by atoms with Gasteiger partial charge in [0.25, 0.3) is 0 Å². The Kier molecular flexibility index (Phi) is 3.19. The number of hydrogen-bond donors (Lipinski definition) is 1. The van der Waals surface area contributed by atoms with Crippen LogP contribution in [0.25, 0.3) is 0 Å². The number of nitrogens with two attached hydrogens (primary N) is 1. The van der Waals surface area contributed by atoms with Crippen molar-refractivity contribution in [2.24, 2.45) is 15.7 Å². The Hall–Kier alpha value is -1.45. The number of carbonyl (C=O) groups is 1. The molecule has 1 aliphatic rings. The SMILES string of the molecule is NC(=O)CCC1=CN=CCC=N1. The fourth-order valence-electron chi connectivity index (χ4n) is 0.830. The largest absolute Gasteiger partial charge is 0.370 e. The molecule has 0 aromatic carbocycles. The maximum Gasteiger partial charge on any atom is 0.217 e. The summed E-state index contributed by atoms with van der Waals surface area (Å²) in [6.07, 6.45) is 6.84. The van der Waals surface area contributed by atoms with E-state index in [1.165, 1.54) is 0 Å². The molecule has 1 amide bonds. The van der Waals surface area contributed by atoms with Crippen LogP contribution in [0.5, 0.6) is 0 Å². The van der Waals surface area contributed by atoms with Crippen LogP contribution in [0.2, 0.25) is 0 Å².